The maximum Gasteiger partial charge on any atom is 0.307 e. The van der Waals surface area contributed by atoms with Gasteiger partial charge in [-0.15, -0.1) is 0 Å². The number of benzene rings is 1. The second-order valence-corrected chi connectivity index (χ2v) is 7.22. The molecule has 1 aliphatic rings. The average Bonchev–Trinajstić information content (AvgIpc) is 3.00. The minimum Gasteiger partial charge on any atom is -0.493 e. The van der Waals surface area contributed by atoms with Crippen molar-refractivity contribution < 1.29 is 19.1 Å². The fraction of sp³-hybridized carbons (Fsp3) is 0.565. The standard InChI is InChI=1S/C23H33NO4/c1-3-18-28-21-13-9-8-10-19(21)14-15-22(25)24(17-16-23(26)27-2)20-11-6-4-5-7-12-20/h8-10,13-15,20H,3-7,11-12,16-18H2,1-2H3/b15-14+. The van der Waals surface area contributed by atoms with Gasteiger partial charge in [0.15, 0.2) is 0 Å². The highest BCUT2D eigenvalue weighted by Crippen LogP contribution is 2.24. The van der Waals surface area contributed by atoms with E-state index in [0.29, 0.717) is 13.2 Å². The summed E-state index contributed by atoms with van der Waals surface area (Å²) in [5, 5.41) is 0. The van der Waals surface area contributed by atoms with Gasteiger partial charge in [-0.25, -0.2) is 0 Å². The van der Waals surface area contributed by atoms with Crippen LogP contribution in [0, 0.1) is 0 Å². The van der Waals surface area contributed by atoms with Crippen molar-refractivity contribution in [3.8, 4) is 5.75 Å². The van der Waals surface area contributed by atoms with Gasteiger partial charge >= 0.3 is 5.97 Å². The Hall–Kier alpha value is -2.30. The molecule has 1 saturated carbocycles. The van der Waals surface area contributed by atoms with Crippen molar-refractivity contribution in [3.63, 3.8) is 0 Å². The van der Waals surface area contributed by atoms with E-state index >= 15 is 0 Å². The Bertz CT molecular complexity index is 648. The molecular formula is C23H33NO4. The Morgan fingerprint density at radius 1 is 1.14 bits per heavy atom. The van der Waals surface area contributed by atoms with Gasteiger partial charge in [-0.3, -0.25) is 9.59 Å². The van der Waals surface area contributed by atoms with Crippen LogP contribution in [-0.4, -0.2) is 43.1 Å². The molecule has 5 heteroatoms. The van der Waals surface area contributed by atoms with Gasteiger partial charge in [-0.2, -0.15) is 0 Å². The van der Waals surface area contributed by atoms with Gasteiger partial charge in [-0.05, 0) is 31.4 Å². The minimum atomic E-state index is -0.284. The van der Waals surface area contributed by atoms with Crippen molar-refractivity contribution in [1.82, 2.24) is 4.90 Å². The highest BCUT2D eigenvalue weighted by molar-refractivity contribution is 5.92. The Morgan fingerprint density at radius 2 is 1.86 bits per heavy atom. The Morgan fingerprint density at radius 3 is 2.54 bits per heavy atom. The molecule has 0 heterocycles. The molecule has 1 aliphatic carbocycles. The number of methoxy groups -OCH3 is 1. The number of amides is 1. The first-order valence-corrected chi connectivity index (χ1v) is 10.4. The van der Waals surface area contributed by atoms with E-state index in [1.807, 2.05) is 35.2 Å². The lowest BCUT2D eigenvalue weighted by molar-refractivity contribution is -0.141. The molecule has 1 aromatic rings. The molecule has 1 fully saturated rings. The van der Waals surface area contributed by atoms with Gasteiger partial charge in [0, 0.05) is 24.2 Å². The van der Waals surface area contributed by atoms with Crippen LogP contribution in [0.25, 0.3) is 6.08 Å². The minimum absolute atomic E-state index is 0.0545. The van der Waals surface area contributed by atoms with Gasteiger partial charge in [0.1, 0.15) is 5.75 Å². The zero-order chi connectivity index (χ0) is 20.2. The summed E-state index contributed by atoms with van der Waals surface area (Å²) >= 11 is 0. The number of esters is 1. The summed E-state index contributed by atoms with van der Waals surface area (Å²) in [6, 6.07) is 7.91. The van der Waals surface area contributed by atoms with E-state index < -0.39 is 0 Å². The van der Waals surface area contributed by atoms with Crippen molar-refractivity contribution in [2.45, 2.75) is 64.3 Å². The molecule has 1 aromatic carbocycles. The zero-order valence-corrected chi connectivity index (χ0v) is 17.2. The van der Waals surface area contributed by atoms with Crippen molar-refractivity contribution in [3.05, 3.63) is 35.9 Å². The summed E-state index contributed by atoms with van der Waals surface area (Å²) in [7, 11) is 1.38. The summed E-state index contributed by atoms with van der Waals surface area (Å²) in [6.45, 7) is 3.11. The third-order valence-electron chi connectivity index (χ3n) is 5.12. The van der Waals surface area contributed by atoms with Crippen LogP contribution in [-0.2, 0) is 14.3 Å². The molecule has 28 heavy (non-hydrogen) atoms. The van der Waals surface area contributed by atoms with E-state index in [1.165, 1.54) is 20.0 Å². The lowest BCUT2D eigenvalue weighted by Crippen LogP contribution is -2.40. The van der Waals surface area contributed by atoms with E-state index in [2.05, 4.69) is 6.92 Å². The molecule has 0 aromatic heterocycles. The van der Waals surface area contributed by atoms with Crippen LogP contribution in [0.1, 0.15) is 63.9 Å². The number of hydrogen-bond donors (Lipinski definition) is 0. The number of carbonyl (C=O) groups excluding carboxylic acids is 2. The van der Waals surface area contributed by atoms with Crippen LogP contribution in [0.5, 0.6) is 5.75 Å². The molecule has 0 N–H and O–H groups in total. The molecule has 0 aliphatic heterocycles. The van der Waals surface area contributed by atoms with E-state index in [1.54, 1.807) is 6.08 Å². The monoisotopic (exact) mass is 387 g/mol. The maximum absolute atomic E-state index is 13.0. The van der Waals surface area contributed by atoms with Crippen molar-refractivity contribution >= 4 is 18.0 Å². The van der Waals surface area contributed by atoms with Crippen LogP contribution in [0.2, 0.25) is 0 Å². The summed E-state index contributed by atoms with van der Waals surface area (Å²) in [6.07, 6.45) is 11.3. The first-order chi connectivity index (χ1) is 13.7. The van der Waals surface area contributed by atoms with Crippen LogP contribution in [0.3, 0.4) is 0 Å². The largest absolute Gasteiger partial charge is 0.493 e. The van der Waals surface area contributed by atoms with E-state index in [-0.39, 0.29) is 24.3 Å². The number of para-hydroxylation sites is 1. The molecule has 0 saturated heterocycles. The summed E-state index contributed by atoms with van der Waals surface area (Å²) in [4.78, 5) is 26.5. The Labute approximate surface area is 168 Å². The van der Waals surface area contributed by atoms with E-state index in [0.717, 1.165) is 43.4 Å². The second-order valence-electron chi connectivity index (χ2n) is 7.22. The zero-order valence-electron chi connectivity index (χ0n) is 17.2. The van der Waals surface area contributed by atoms with E-state index in [9.17, 15) is 9.59 Å². The molecule has 0 atom stereocenters. The molecule has 0 spiro atoms. The van der Waals surface area contributed by atoms with Crippen LogP contribution in [0.4, 0.5) is 0 Å². The normalized spacial score (nSPS) is 15.2. The number of rotatable bonds is 9. The summed E-state index contributed by atoms with van der Waals surface area (Å²) in [5.41, 5.74) is 0.887. The Kier molecular flexibility index (Phi) is 9.60. The van der Waals surface area contributed by atoms with Crippen LogP contribution in [0.15, 0.2) is 30.3 Å². The molecule has 1 amide bonds. The third kappa shape index (κ3) is 7.02. The third-order valence-corrected chi connectivity index (χ3v) is 5.12. The van der Waals surface area contributed by atoms with Crippen LogP contribution >= 0.6 is 0 Å². The van der Waals surface area contributed by atoms with Crippen LogP contribution < -0.4 is 4.74 Å². The maximum atomic E-state index is 13.0. The summed E-state index contributed by atoms with van der Waals surface area (Å²) in [5.74, 6) is 0.443. The number of ether oxygens (including phenoxy) is 2. The molecule has 0 unspecified atom stereocenters. The number of nitrogens with zero attached hydrogens (tertiary/aromatic N) is 1. The SMILES string of the molecule is CCCOc1ccccc1/C=C/C(=O)N(CCC(=O)OC)C1CCCCCC1. The predicted octanol–water partition coefficient (Wildman–Crippen LogP) is 4.60. The van der Waals surface area contributed by atoms with Crippen molar-refractivity contribution in [2.75, 3.05) is 20.3 Å². The quantitative estimate of drug-likeness (QED) is 0.353. The van der Waals surface area contributed by atoms with Crippen molar-refractivity contribution in [2.24, 2.45) is 0 Å². The first-order valence-electron chi connectivity index (χ1n) is 10.4. The summed E-state index contributed by atoms with van der Waals surface area (Å²) < 4.78 is 10.5. The lowest BCUT2D eigenvalue weighted by atomic mass is 10.1. The average molecular weight is 388 g/mol. The lowest BCUT2D eigenvalue weighted by Gasteiger charge is -2.30. The second kappa shape index (κ2) is 12.2. The molecule has 5 nitrogen and oxygen atoms in total. The fourth-order valence-corrected chi connectivity index (χ4v) is 3.57. The highest BCUT2D eigenvalue weighted by atomic mass is 16.5. The predicted molar refractivity (Wildman–Crippen MR) is 111 cm³/mol. The van der Waals surface area contributed by atoms with Gasteiger partial charge in [0.25, 0.3) is 0 Å². The van der Waals surface area contributed by atoms with Gasteiger partial charge in [0.05, 0.1) is 20.1 Å². The topological polar surface area (TPSA) is 55.8 Å². The van der Waals surface area contributed by atoms with Gasteiger partial charge in [0.2, 0.25) is 5.91 Å². The highest BCUT2D eigenvalue weighted by Gasteiger charge is 2.24. The number of hydrogen-bond acceptors (Lipinski definition) is 4. The van der Waals surface area contributed by atoms with Gasteiger partial charge in [-0.1, -0.05) is 50.8 Å². The molecule has 0 bridgehead atoms. The fourth-order valence-electron chi connectivity index (χ4n) is 3.57. The van der Waals surface area contributed by atoms with Crippen molar-refractivity contribution in [1.29, 1.82) is 0 Å². The van der Waals surface area contributed by atoms with Gasteiger partial charge < -0.3 is 14.4 Å². The molecule has 2 rings (SSSR count). The molecular weight excluding hydrogens is 354 g/mol. The smallest absolute Gasteiger partial charge is 0.307 e. The Balaban J connectivity index is 2.12. The molecule has 154 valence electrons. The number of carbonyl (C=O) groups is 2. The first kappa shape index (κ1) is 22.0. The van der Waals surface area contributed by atoms with E-state index in [4.69, 9.17) is 9.47 Å². The molecule has 0 radical (unpaired) electrons.